The summed E-state index contributed by atoms with van der Waals surface area (Å²) in [6.07, 6.45) is 5.04. The van der Waals surface area contributed by atoms with E-state index in [-0.39, 0.29) is 16.4 Å². The number of hydrogen-bond acceptors (Lipinski definition) is 1. The Hall–Kier alpha value is -4.10. The lowest BCUT2D eigenvalue weighted by atomic mass is 9.61. The molecule has 42 heavy (non-hydrogen) atoms. The van der Waals surface area contributed by atoms with Gasteiger partial charge in [-0.2, -0.15) is 0 Å². The van der Waals surface area contributed by atoms with Gasteiger partial charge in [0, 0.05) is 22.2 Å². The van der Waals surface area contributed by atoms with E-state index in [1.54, 1.807) is 5.56 Å². The Kier molecular flexibility index (Phi) is 4.69. The minimum Gasteiger partial charge on any atom is -0.334 e. The maximum atomic E-state index is 2.75. The molecule has 0 radical (unpaired) electrons. The molecule has 1 nitrogen and oxygen atoms in total. The smallest absolute Gasteiger partial charge is 0.0518 e. The first-order valence-electron chi connectivity index (χ1n) is 15.8. The van der Waals surface area contributed by atoms with Crippen LogP contribution in [0.4, 0.5) is 11.4 Å². The fourth-order valence-corrected chi connectivity index (χ4v) is 9.41. The molecular weight excluding hydrogens is 506 g/mol. The highest BCUT2D eigenvalue weighted by molar-refractivity contribution is 6.14. The minimum absolute atomic E-state index is 0.0349. The average molecular weight is 544 g/mol. The molecule has 1 heteroatoms. The molecule has 1 saturated carbocycles. The van der Waals surface area contributed by atoms with Crippen LogP contribution in [0.15, 0.2) is 103 Å². The Morgan fingerprint density at radius 2 is 1.26 bits per heavy atom. The quantitative estimate of drug-likeness (QED) is 0.186. The zero-order valence-corrected chi connectivity index (χ0v) is 25.1. The first-order valence-corrected chi connectivity index (χ1v) is 15.8. The van der Waals surface area contributed by atoms with Crippen molar-refractivity contribution < 1.29 is 0 Å². The third kappa shape index (κ3) is 2.85. The van der Waals surface area contributed by atoms with Crippen LogP contribution in [0.3, 0.4) is 0 Å². The zero-order chi connectivity index (χ0) is 28.4. The molecule has 206 valence electrons. The first-order chi connectivity index (χ1) is 20.3. The lowest BCUT2D eigenvalue weighted by molar-refractivity contribution is 0.196. The molecule has 2 aliphatic carbocycles. The van der Waals surface area contributed by atoms with Crippen molar-refractivity contribution in [1.29, 1.82) is 0 Å². The van der Waals surface area contributed by atoms with Crippen molar-refractivity contribution in [2.75, 3.05) is 4.90 Å². The lowest BCUT2D eigenvalue weighted by Crippen LogP contribution is -2.54. The average Bonchev–Trinajstić information content (AvgIpc) is 3.37. The summed E-state index contributed by atoms with van der Waals surface area (Å²) in [7, 11) is 0. The molecule has 2 unspecified atom stereocenters. The highest BCUT2D eigenvalue weighted by Crippen LogP contribution is 2.63. The molecule has 0 N–H and O–H groups in total. The Labute approximate surface area is 248 Å². The van der Waals surface area contributed by atoms with Gasteiger partial charge in [-0.1, -0.05) is 119 Å². The Bertz CT molecular complexity index is 2120. The minimum atomic E-state index is -0.0662. The molecule has 9 rings (SSSR count). The standard InChI is InChI=1S/C41H37N/c1-39(2)34-21-20-31-29-13-7-5-11-26(29)15-18-32(31)37(34)33-19-17-28(25-35(33)39)42-36-22-16-27-12-6-8-14-30(27)38(36)40(3)23-9-10-24-41(40,42)4/h5-8,11-22,25H,9-10,23-24H2,1-4H3. The number of rotatable bonds is 1. The van der Waals surface area contributed by atoms with Crippen LogP contribution in [-0.4, -0.2) is 5.54 Å². The summed E-state index contributed by atoms with van der Waals surface area (Å²) in [5.41, 5.74) is 10.1. The molecule has 2 atom stereocenters. The van der Waals surface area contributed by atoms with Gasteiger partial charge in [0.05, 0.1) is 5.54 Å². The molecular formula is C41H37N. The van der Waals surface area contributed by atoms with Crippen molar-refractivity contribution in [3.63, 3.8) is 0 Å². The summed E-state index contributed by atoms with van der Waals surface area (Å²) >= 11 is 0. The van der Waals surface area contributed by atoms with Gasteiger partial charge in [-0.3, -0.25) is 0 Å². The monoisotopic (exact) mass is 543 g/mol. The maximum absolute atomic E-state index is 2.75. The summed E-state index contributed by atoms with van der Waals surface area (Å²) in [6.45, 7) is 9.95. The van der Waals surface area contributed by atoms with Crippen LogP contribution < -0.4 is 4.90 Å². The van der Waals surface area contributed by atoms with Gasteiger partial charge < -0.3 is 4.90 Å². The third-order valence-corrected chi connectivity index (χ3v) is 11.8. The van der Waals surface area contributed by atoms with E-state index in [2.05, 4.69) is 136 Å². The van der Waals surface area contributed by atoms with Crippen molar-refractivity contribution in [3.05, 3.63) is 120 Å². The van der Waals surface area contributed by atoms with Crippen LogP contribution in [0.25, 0.3) is 43.4 Å². The lowest BCUT2D eigenvalue weighted by Gasteiger charge is -2.50. The number of anilines is 2. The van der Waals surface area contributed by atoms with E-state index in [0.717, 1.165) is 0 Å². The summed E-state index contributed by atoms with van der Waals surface area (Å²) in [5, 5.41) is 8.16. The van der Waals surface area contributed by atoms with Crippen LogP contribution in [-0.2, 0) is 10.8 Å². The molecule has 0 bridgehead atoms. The molecule has 1 aliphatic heterocycles. The van der Waals surface area contributed by atoms with Gasteiger partial charge in [0.1, 0.15) is 0 Å². The molecule has 0 spiro atoms. The topological polar surface area (TPSA) is 3.24 Å². The van der Waals surface area contributed by atoms with Gasteiger partial charge in [0.15, 0.2) is 0 Å². The summed E-state index contributed by atoms with van der Waals surface area (Å²) in [6, 6.07) is 39.4. The third-order valence-electron chi connectivity index (χ3n) is 11.8. The van der Waals surface area contributed by atoms with E-state index >= 15 is 0 Å². The van der Waals surface area contributed by atoms with E-state index in [4.69, 9.17) is 0 Å². The van der Waals surface area contributed by atoms with Gasteiger partial charge >= 0.3 is 0 Å². The largest absolute Gasteiger partial charge is 0.334 e. The van der Waals surface area contributed by atoms with Crippen LogP contribution in [0.2, 0.25) is 0 Å². The van der Waals surface area contributed by atoms with Crippen molar-refractivity contribution in [3.8, 4) is 11.1 Å². The summed E-state index contributed by atoms with van der Waals surface area (Å²) < 4.78 is 0. The zero-order valence-electron chi connectivity index (χ0n) is 25.1. The second kappa shape index (κ2) is 8.04. The van der Waals surface area contributed by atoms with E-state index < -0.39 is 0 Å². The second-order valence-corrected chi connectivity index (χ2v) is 14.1. The van der Waals surface area contributed by atoms with Crippen molar-refractivity contribution >= 4 is 43.7 Å². The molecule has 1 heterocycles. The van der Waals surface area contributed by atoms with Gasteiger partial charge in [0.25, 0.3) is 0 Å². The van der Waals surface area contributed by atoms with Gasteiger partial charge in [-0.15, -0.1) is 0 Å². The Morgan fingerprint density at radius 3 is 2.10 bits per heavy atom. The number of fused-ring (bicyclic) bond motifs is 12. The molecule has 3 aliphatic rings. The number of hydrogen-bond donors (Lipinski definition) is 0. The normalized spacial score (nSPS) is 23.7. The number of nitrogens with zero attached hydrogens (tertiary/aromatic N) is 1. The van der Waals surface area contributed by atoms with Crippen molar-refractivity contribution in [2.24, 2.45) is 0 Å². The van der Waals surface area contributed by atoms with E-state index in [1.165, 1.54) is 91.6 Å². The predicted octanol–water partition coefficient (Wildman–Crippen LogP) is 11.2. The van der Waals surface area contributed by atoms with Crippen LogP contribution in [0, 0.1) is 0 Å². The van der Waals surface area contributed by atoms with E-state index in [1.807, 2.05) is 0 Å². The predicted molar refractivity (Wildman–Crippen MR) is 179 cm³/mol. The summed E-state index contributed by atoms with van der Waals surface area (Å²) in [5.74, 6) is 0. The van der Waals surface area contributed by atoms with Crippen LogP contribution in [0.5, 0.6) is 0 Å². The van der Waals surface area contributed by atoms with Crippen LogP contribution >= 0.6 is 0 Å². The molecule has 0 aromatic heterocycles. The molecule has 0 amide bonds. The Balaban J connectivity index is 1.28. The first kappa shape index (κ1) is 24.5. The maximum Gasteiger partial charge on any atom is 0.0518 e. The Morgan fingerprint density at radius 1 is 0.571 bits per heavy atom. The molecule has 1 fully saturated rings. The summed E-state index contributed by atoms with van der Waals surface area (Å²) in [4.78, 5) is 2.75. The van der Waals surface area contributed by atoms with E-state index in [9.17, 15) is 0 Å². The van der Waals surface area contributed by atoms with Gasteiger partial charge in [0.2, 0.25) is 0 Å². The van der Waals surface area contributed by atoms with Crippen molar-refractivity contribution in [2.45, 2.75) is 69.7 Å². The van der Waals surface area contributed by atoms with Crippen LogP contribution in [0.1, 0.15) is 70.1 Å². The second-order valence-electron chi connectivity index (χ2n) is 14.1. The van der Waals surface area contributed by atoms with Gasteiger partial charge in [-0.25, -0.2) is 0 Å². The highest BCUT2D eigenvalue weighted by Gasteiger charge is 2.58. The fourth-order valence-electron chi connectivity index (χ4n) is 9.41. The van der Waals surface area contributed by atoms with Gasteiger partial charge in [-0.05, 0) is 98.1 Å². The fraction of sp³-hybridized carbons (Fsp3) is 0.268. The van der Waals surface area contributed by atoms with E-state index in [0.29, 0.717) is 0 Å². The van der Waals surface area contributed by atoms with Crippen molar-refractivity contribution in [1.82, 2.24) is 0 Å². The highest BCUT2D eigenvalue weighted by atomic mass is 15.3. The molecule has 6 aromatic rings. The molecule has 6 aromatic carbocycles. The SMILES string of the molecule is CC1(C)c2cc(N3c4ccc5ccccc5c4C4(C)CCCCC34C)ccc2-c2c1ccc1c2ccc2ccccc21. The molecule has 0 saturated heterocycles. The number of benzene rings is 6.